The van der Waals surface area contributed by atoms with E-state index < -0.39 is 21.2 Å². The number of allylic oxidation sites excluding steroid dienone is 1. The summed E-state index contributed by atoms with van der Waals surface area (Å²) >= 11 is 6.42. The molecule has 1 spiro atoms. The van der Waals surface area contributed by atoms with Gasteiger partial charge in [0, 0.05) is 62.1 Å². The lowest BCUT2D eigenvalue weighted by Gasteiger charge is -2.46. The van der Waals surface area contributed by atoms with E-state index in [0.717, 1.165) is 49.4 Å². The van der Waals surface area contributed by atoms with Crippen LogP contribution in [0.5, 0.6) is 5.75 Å². The summed E-state index contributed by atoms with van der Waals surface area (Å²) in [6.45, 7) is 3.79. The first-order valence-electron chi connectivity index (χ1n) is 16.4. The van der Waals surface area contributed by atoms with Crippen LogP contribution in [0.15, 0.2) is 48.6 Å². The molecule has 1 N–H and O–H groups in total. The van der Waals surface area contributed by atoms with Crippen LogP contribution in [0, 0.1) is 17.8 Å². The quantitative estimate of drug-likeness (QED) is 0.439. The Kier molecular flexibility index (Phi) is 8.34. The van der Waals surface area contributed by atoms with Crippen molar-refractivity contribution in [3.63, 3.8) is 0 Å². The van der Waals surface area contributed by atoms with Crippen molar-refractivity contribution in [1.29, 1.82) is 0 Å². The van der Waals surface area contributed by atoms with Gasteiger partial charge in [0.1, 0.15) is 11.0 Å². The smallest absolute Gasteiger partial charge is 0.264 e. The first-order chi connectivity index (χ1) is 22.1. The van der Waals surface area contributed by atoms with Crippen LogP contribution in [0.4, 0.5) is 5.69 Å². The first kappa shape index (κ1) is 31.5. The lowest BCUT2D eigenvalue weighted by atomic mass is 9.68. The first-order valence-corrected chi connectivity index (χ1v) is 18.3. The minimum Gasteiger partial charge on any atom is -0.490 e. The van der Waals surface area contributed by atoms with E-state index in [4.69, 9.17) is 21.1 Å². The molecule has 9 nitrogen and oxygen atoms in total. The van der Waals surface area contributed by atoms with Crippen molar-refractivity contribution >= 4 is 39.1 Å². The molecule has 0 radical (unpaired) electrons. The third-order valence-corrected chi connectivity index (χ3v) is 13.2. The minimum absolute atomic E-state index is 0.0510. The highest BCUT2D eigenvalue weighted by Crippen LogP contribution is 2.47. The predicted molar refractivity (Wildman–Crippen MR) is 177 cm³/mol. The van der Waals surface area contributed by atoms with Gasteiger partial charge in [-0.25, -0.2) is 13.1 Å². The Morgan fingerprint density at radius 3 is 2.72 bits per heavy atom. The standard InChI is InChI=1S/C35H42ClN3O6S/c1-22(40)38-18-26-5-3-7-31(44-2)28-11-8-25(28)17-39-20-35(14-4-6-23-15-27(36)10-12-29(23)35)21-45-32-13-9-24(16-30(32)39)34(41)37-46(42,43)33(26)19-38/h3,7,9-10,12-13,15-16,25-26,28,31,33H,4-6,8,11,14,17-21H2,1-2H3,(H,37,41)/b7-3+/t25-,26+,28+,31-,33+,35-/m0/s1. The van der Waals surface area contributed by atoms with Gasteiger partial charge in [-0.15, -0.1) is 0 Å². The second-order valence-electron chi connectivity index (χ2n) is 13.9. The van der Waals surface area contributed by atoms with E-state index in [1.54, 1.807) is 30.2 Å². The van der Waals surface area contributed by atoms with E-state index >= 15 is 0 Å². The molecule has 3 aliphatic heterocycles. The number of aryl methyl sites for hydroxylation is 1. The normalized spacial score (nSPS) is 32.6. The molecular weight excluding hydrogens is 626 g/mol. The van der Waals surface area contributed by atoms with Gasteiger partial charge in [0.05, 0.1) is 18.4 Å². The third-order valence-electron chi connectivity index (χ3n) is 11.1. The molecule has 2 fully saturated rings. The largest absolute Gasteiger partial charge is 0.490 e. The number of benzene rings is 2. The molecule has 2 aromatic rings. The Morgan fingerprint density at radius 1 is 1.11 bits per heavy atom. The minimum atomic E-state index is -4.09. The van der Waals surface area contributed by atoms with Crippen molar-refractivity contribution < 1.29 is 27.5 Å². The number of halogens is 1. The summed E-state index contributed by atoms with van der Waals surface area (Å²) in [4.78, 5) is 29.8. The van der Waals surface area contributed by atoms with Crippen LogP contribution in [0.25, 0.3) is 0 Å². The molecule has 5 aliphatic rings. The molecule has 0 unspecified atom stereocenters. The van der Waals surface area contributed by atoms with E-state index in [1.807, 2.05) is 12.1 Å². The lowest BCUT2D eigenvalue weighted by Crippen LogP contribution is -2.49. The van der Waals surface area contributed by atoms with Gasteiger partial charge in [-0.1, -0.05) is 29.8 Å². The maximum atomic E-state index is 13.7. The number of hydrogen-bond acceptors (Lipinski definition) is 7. The SMILES string of the molecule is CO[C@H]1/C=C/C[C@@H]2CN(C(C)=O)C[C@H]2S(=O)(=O)NC(=O)c2ccc3c(c2)N(C[C@@H]2CC[C@H]21)C[C@@]1(CCCc2cc(Cl)ccc21)CO3. The summed E-state index contributed by atoms with van der Waals surface area (Å²) in [5, 5.41) is -0.172. The van der Waals surface area contributed by atoms with Gasteiger partial charge in [0.25, 0.3) is 5.91 Å². The second-order valence-corrected chi connectivity index (χ2v) is 16.2. The van der Waals surface area contributed by atoms with Crippen LogP contribution < -0.4 is 14.4 Å². The van der Waals surface area contributed by atoms with E-state index in [2.05, 4.69) is 27.8 Å². The number of carbonyl (C=O) groups is 2. The topological polar surface area (TPSA) is 105 Å². The fourth-order valence-electron chi connectivity index (χ4n) is 8.52. The fraction of sp³-hybridized carbons (Fsp3) is 0.543. The summed E-state index contributed by atoms with van der Waals surface area (Å²) in [7, 11) is -2.36. The van der Waals surface area contributed by atoms with Gasteiger partial charge in [-0.2, -0.15) is 0 Å². The number of amides is 2. The number of anilines is 1. The molecule has 2 aromatic carbocycles. The number of methoxy groups -OCH3 is 1. The number of nitrogens with zero attached hydrogens (tertiary/aromatic N) is 2. The van der Waals surface area contributed by atoms with Gasteiger partial charge in [0.15, 0.2) is 0 Å². The van der Waals surface area contributed by atoms with Crippen molar-refractivity contribution in [2.24, 2.45) is 17.8 Å². The van der Waals surface area contributed by atoms with Crippen molar-refractivity contribution in [3.05, 3.63) is 70.3 Å². The van der Waals surface area contributed by atoms with Crippen LogP contribution >= 0.6 is 11.6 Å². The number of sulfonamides is 1. The Hall–Kier alpha value is -3.08. The van der Waals surface area contributed by atoms with Crippen molar-refractivity contribution in [2.45, 2.75) is 62.2 Å². The summed E-state index contributed by atoms with van der Waals surface area (Å²) in [6, 6.07) is 11.4. The maximum Gasteiger partial charge on any atom is 0.264 e. The van der Waals surface area contributed by atoms with E-state index in [0.29, 0.717) is 43.7 Å². The van der Waals surface area contributed by atoms with E-state index in [1.165, 1.54) is 18.1 Å². The number of carbonyl (C=O) groups excluding carboxylic acids is 2. The van der Waals surface area contributed by atoms with Gasteiger partial charge in [-0.05, 0) is 91.8 Å². The van der Waals surface area contributed by atoms with Gasteiger partial charge in [0.2, 0.25) is 15.9 Å². The van der Waals surface area contributed by atoms with Crippen LogP contribution in [-0.2, 0) is 31.4 Å². The van der Waals surface area contributed by atoms with Crippen molar-refractivity contribution in [2.75, 3.05) is 44.8 Å². The highest BCUT2D eigenvalue weighted by Gasteiger charge is 2.46. The zero-order valence-corrected chi connectivity index (χ0v) is 28.0. The molecule has 3 heterocycles. The number of likely N-dealkylation sites (tertiary alicyclic amines) is 1. The average Bonchev–Trinajstić information content (AvgIpc) is 3.39. The monoisotopic (exact) mass is 667 g/mol. The van der Waals surface area contributed by atoms with Gasteiger partial charge < -0.3 is 19.3 Å². The van der Waals surface area contributed by atoms with Crippen molar-refractivity contribution in [3.8, 4) is 5.75 Å². The third kappa shape index (κ3) is 5.70. The molecule has 246 valence electrons. The lowest BCUT2D eigenvalue weighted by molar-refractivity contribution is -0.127. The van der Waals surface area contributed by atoms with E-state index in [-0.39, 0.29) is 35.5 Å². The average molecular weight is 668 g/mol. The number of nitrogens with one attached hydrogen (secondary N) is 1. The molecule has 7 rings (SSSR count). The molecule has 1 saturated carbocycles. The Bertz CT molecular complexity index is 1680. The second kappa shape index (κ2) is 12.2. The molecule has 6 atom stereocenters. The predicted octanol–water partition coefficient (Wildman–Crippen LogP) is 4.72. The Labute approximate surface area is 276 Å². The zero-order chi connectivity index (χ0) is 32.2. The molecule has 11 heteroatoms. The van der Waals surface area contributed by atoms with Crippen LogP contribution in [0.1, 0.15) is 60.5 Å². The maximum absolute atomic E-state index is 13.7. The summed E-state index contributed by atoms with van der Waals surface area (Å²) in [5.74, 6) is 0.160. The summed E-state index contributed by atoms with van der Waals surface area (Å²) < 4.78 is 42.4. The van der Waals surface area contributed by atoms with Crippen LogP contribution in [0.2, 0.25) is 5.02 Å². The number of fused-ring (bicyclic) bond motifs is 5. The van der Waals surface area contributed by atoms with Crippen LogP contribution in [-0.4, -0.2) is 76.4 Å². The molecule has 2 aliphatic carbocycles. The molecule has 0 aromatic heterocycles. The Morgan fingerprint density at radius 2 is 1.96 bits per heavy atom. The van der Waals surface area contributed by atoms with E-state index in [9.17, 15) is 18.0 Å². The molecule has 2 bridgehead atoms. The number of ether oxygens (including phenoxy) is 2. The molecule has 1 saturated heterocycles. The molecular formula is C35H42ClN3O6S. The summed E-state index contributed by atoms with van der Waals surface area (Å²) in [5.41, 5.74) is 3.32. The highest BCUT2D eigenvalue weighted by molar-refractivity contribution is 7.90. The highest BCUT2D eigenvalue weighted by atomic mass is 35.5. The van der Waals surface area contributed by atoms with Gasteiger partial charge in [-0.3, -0.25) is 9.59 Å². The Balaban J connectivity index is 1.29. The van der Waals surface area contributed by atoms with Gasteiger partial charge >= 0.3 is 0 Å². The molecule has 2 amide bonds. The zero-order valence-electron chi connectivity index (χ0n) is 26.4. The summed E-state index contributed by atoms with van der Waals surface area (Å²) in [6.07, 6.45) is 9.52. The number of rotatable bonds is 1. The van der Waals surface area contributed by atoms with Crippen LogP contribution in [0.3, 0.4) is 0 Å². The molecule has 46 heavy (non-hydrogen) atoms. The fourth-order valence-corrected chi connectivity index (χ4v) is 10.3. The number of hydrogen-bond donors (Lipinski definition) is 1. The van der Waals surface area contributed by atoms with Crippen molar-refractivity contribution in [1.82, 2.24) is 9.62 Å².